The zero-order valence-corrected chi connectivity index (χ0v) is 14.4. The van der Waals surface area contributed by atoms with Crippen molar-refractivity contribution in [1.82, 2.24) is 0 Å². The molecule has 0 saturated carbocycles. The third-order valence-corrected chi connectivity index (χ3v) is 3.13. The molecule has 5 nitrogen and oxygen atoms in total. The van der Waals surface area contributed by atoms with E-state index in [4.69, 9.17) is 19.3 Å². The first-order chi connectivity index (χ1) is 11.1. The monoisotopic (exact) mass is 324 g/mol. The molecule has 0 heterocycles. The molecule has 0 spiro atoms. The van der Waals surface area contributed by atoms with Crippen molar-refractivity contribution in [3.05, 3.63) is 17.7 Å². The third-order valence-electron chi connectivity index (χ3n) is 3.13. The van der Waals surface area contributed by atoms with Gasteiger partial charge in [0, 0.05) is 24.1 Å². The highest BCUT2D eigenvalue weighted by atomic mass is 16.5. The number of aliphatic carboxylic acids is 1. The standard InChI is InChI=1S/C18H28O5/c1-4-9-21-14-12-16(22-10-5-2)15(7-8-18(19)20)17(13-14)23-11-6-3/h12-13H,4-11H2,1-3H3,(H,19,20). The number of hydrogen-bond donors (Lipinski definition) is 1. The van der Waals surface area contributed by atoms with Gasteiger partial charge >= 0.3 is 5.97 Å². The second-order valence-corrected chi connectivity index (χ2v) is 5.34. The van der Waals surface area contributed by atoms with Crippen molar-refractivity contribution in [2.45, 2.75) is 52.9 Å². The molecule has 0 radical (unpaired) electrons. The molecule has 1 N–H and O–H groups in total. The molecule has 0 unspecified atom stereocenters. The van der Waals surface area contributed by atoms with Gasteiger partial charge in [0.05, 0.1) is 19.8 Å². The van der Waals surface area contributed by atoms with E-state index >= 15 is 0 Å². The highest BCUT2D eigenvalue weighted by Gasteiger charge is 2.16. The van der Waals surface area contributed by atoms with E-state index in [1.54, 1.807) is 0 Å². The number of benzene rings is 1. The lowest BCUT2D eigenvalue weighted by atomic mass is 10.1. The molecule has 1 rings (SSSR count). The van der Waals surface area contributed by atoms with E-state index in [2.05, 4.69) is 0 Å². The maximum absolute atomic E-state index is 10.9. The van der Waals surface area contributed by atoms with Gasteiger partial charge in [0.15, 0.2) is 0 Å². The smallest absolute Gasteiger partial charge is 0.303 e. The molecule has 0 bridgehead atoms. The Morgan fingerprint density at radius 3 is 1.83 bits per heavy atom. The number of hydrogen-bond acceptors (Lipinski definition) is 4. The van der Waals surface area contributed by atoms with Crippen LogP contribution in [-0.2, 0) is 11.2 Å². The molecule has 0 saturated heterocycles. The van der Waals surface area contributed by atoms with Crippen molar-refractivity contribution in [3.8, 4) is 17.2 Å². The van der Waals surface area contributed by atoms with Crippen LogP contribution in [0.2, 0.25) is 0 Å². The maximum Gasteiger partial charge on any atom is 0.303 e. The first kappa shape index (κ1) is 19.1. The van der Waals surface area contributed by atoms with E-state index < -0.39 is 5.97 Å². The van der Waals surface area contributed by atoms with Crippen molar-refractivity contribution in [2.75, 3.05) is 19.8 Å². The second-order valence-electron chi connectivity index (χ2n) is 5.34. The fourth-order valence-corrected chi connectivity index (χ4v) is 2.06. The van der Waals surface area contributed by atoms with Crippen LogP contribution in [-0.4, -0.2) is 30.9 Å². The SMILES string of the molecule is CCCOc1cc(OCCC)c(CCC(=O)O)c(OCCC)c1. The number of carboxylic acid groups (broad SMARTS) is 1. The molecule has 0 aliphatic heterocycles. The molecule has 0 amide bonds. The van der Waals surface area contributed by atoms with Crippen LogP contribution in [0.15, 0.2) is 12.1 Å². The van der Waals surface area contributed by atoms with Gasteiger partial charge in [-0.25, -0.2) is 0 Å². The van der Waals surface area contributed by atoms with Crippen LogP contribution in [0, 0.1) is 0 Å². The summed E-state index contributed by atoms with van der Waals surface area (Å²) in [6.07, 6.45) is 3.09. The number of carboxylic acids is 1. The zero-order valence-electron chi connectivity index (χ0n) is 14.4. The minimum Gasteiger partial charge on any atom is -0.493 e. The van der Waals surface area contributed by atoms with Gasteiger partial charge in [-0.1, -0.05) is 20.8 Å². The van der Waals surface area contributed by atoms with Gasteiger partial charge in [0.25, 0.3) is 0 Å². The topological polar surface area (TPSA) is 65.0 Å². The van der Waals surface area contributed by atoms with Crippen molar-refractivity contribution in [3.63, 3.8) is 0 Å². The summed E-state index contributed by atoms with van der Waals surface area (Å²) >= 11 is 0. The molecule has 130 valence electrons. The Labute approximate surface area is 138 Å². The molecular weight excluding hydrogens is 296 g/mol. The molecule has 1 aromatic rings. The third kappa shape index (κ3) is 6.80. The summed E-state index contributed by atoms with van der Waals surface area (Å²) in [5.41, 5.74) is 0.804. The molecule has 0 aliphatic carbocycles. The van der Waals surface area contributed by atoms with E-state index in [0.29, 0.717) is 43.5 Å². The fraction of sp³-hybridized carbons (Fsp3) is 0.611. The van der Waals surface area contributed by atoms with Crippen LogP contribution >= 0.6 is 0 Å². The average molecular weight is 324 g/mol. The molecule has 0 aromatic heterocycles. The van der Waals surface area contributed by atoms with Gasteiger partial charge in [0.2, 0.25) is 0 Å². The summed E-state index contributed by atoms with van der Waals surface area (Å²) in [5, 5.41) is 8.97. The fourth-order valence-electron chi connectivity index (χ4n) is 2.06. The highest BCUT2D eigenvalue weighted by molar-refractivity contribution is 5.67. The van der Waals surface area contributed by atoms with Crippen molar-refractivity contribution >= 4 is 5.97 Å². The molecule has 5 heteroatoms. The Bertz CT molecular complexity index is 455. The second kappa shape index (κ2) is 10.8. The van der Waals surface area contributed by atoms with Crippen LogP contribution in [0.5, 0.6) is 17.2 Å². The summed E-state index contributed by atoms with van der Waals surface area (Å²) < 4.78 is 17.3. The summed E-state index contributed by atoms with van der Waals surface area (Å²) in [6, 6.07) is 3.67. The van der Waals surface area contributed by atoms with Crippen LogP contribution in [0.25, 0.3) is 0 Å². The van der Waals surface area contributed by atoms with Gasteiger partial charge in [-0.3, -0.25) is 4.79 Å². The molecule has 0 atom stereocenters. The lowest BCUT2D eigenvalue weighted by molar-refractivity contribution is -0.136. The first-order valence-electron chi connectivity index (χ1n) is 8.39. The van der Waals surface area contributed by atoms with Crippen LogP contribution in [0.3, 0.4) is 0 Å². The maximum atomic E-state index is 10.9. The lowest BCUT2D eigenvalue weighted by Gasteiger charge is -2.18. The number of rotatable bonds is 12. The summed E-state index contributed by atoms with van der Waals surface area (Å²) in [6.45, 7) is 7.87. The van der Waals surface area contributed by atoms with E-state index in [0.717, 1.165) is 24.8 Å². The normalized spacial score (nSPS) is 10.4. The summed E-state index contributed by atoms with van der Waals surface area (Å²) in [4.78, 5) is 10.9. The summed E-state index contributed by atoms with van der Waals surface area (Å²) in [5.74, 6) is 1.18. The van der Waals surface area contributed by atoms with Crippen LogP contribution in [0.1, 0.15) is 52.0 Å². The predicted molar refractivity (Wildman–Crippen MR) is 89.8 cm³/mol. The van der Waals surface area contributed by atoms with E-state index in [-0.39, 0.29) is 6.42 Å². The quantitative estimate of drug-likeness (QED) is 0.628. The Morgan fingerprint density at radius 1 is 0.913 bits per heavy atom. The van der Waals surface area contributed by atoms with E-state index in [9.17, 15) is 4.79 Å². The Hall–Kier alpha value is -1.91. The van der Waals surface area contributed by atoms with Crippen molar-refractivity contribution in [2.24, 2.45) is 0 Å². The van der Waals surface area contributed by atoms with Gasteiger partial charge in [-0.2, -0.15) is 0 Å². The van der Waals surface area contributed by atoms with E-state index in [1.165, 1.54) is 0 Å². The predicted octanol–water partition coefficient (Wildman–Crippen LogP) is 4.07. The van der Waals surface area contributed by atoms with Gasteiger partial charge in [-0.15, -0.1) is 0 Å². The first-order valence-corrected chi connectivity index (χ1v) is 8.39. The average Bonchev–Trinajstić information content (AvgIpc) is 2.54. The van der Waals surface area contributed by atoms with Gasteiger partial charge in [-0.05, 0) is 25.7 Å². The van der Waals surface area contributed by atoms with Gasteiger partial charge < -0.3 is 19.3 Å². The Balaban J connectivity index is 3.12. The Morgan fingerprint density at radius 2 is 1.39 bits per heavy atom. The molecule has 0 aliphatic rings. The minimum atomic E-state index is -0.834. The van der Waals surface area contributed by atoms with Gasteiger partial charge in [0.1, 0.15) is 17.2 Å². The lowest BCUT2D eigenvalue weighted by Crippen LogP contribution is -2.07. The minimum absolute atomic E-state index is 0.0418. The highest BCUT2D eigenvalue weighted by Crippen LogP contribution is 2.35. The number of carbonyl (C=O) groups is 1. The molecule has 0 fully saturated rings. The Kier molecular flexibility index (Phi) is 8.95. The van der Waals surface area contributed by atoms with Crippen LogP contribution < -0.4 is 14.2 Å². The van der Waals surface area contributed by atoms with Crippen molar-refractivity contribution < 1.29 is 24.1 Å². The summed E-state index contributed by atoms with van der Waals surface area (Å²) in [7, 11) is 0. The largest absolute Gasteiger partial charge is 0.493 e. The molecule has 1 aromatic carbocycles. The molecular formula is C18H28O5. The zero-order chi connectivity index (χ0) is 17.1. The molecule has 23 heavy (non-hydrogen) atoms. The van der Waals surface area contributed by atoms with Crippen molar-refractivity contribution in [1.29, 1.82) is 0 Å². The van der Waals surface area contributed by atoms with E-state index in [1.807, 2.05) is 32.9 Å². The number of ether oxygens (including phenoxy) is 3. The van der Waals surface area contributed by atoms with Crippen LogP contribution in [0.4, 0.5) is 0 Å².